The van der Waals surface area contributed by atoms with E-state index < -0.39 is 5.97 Å². The van der Waals surface area contributed by atoms with Crippen LogP contribution in [0, 0.1) is 6.92 Å². The Morgan fingerprint density at radius 2 is 1.65 bits per heavy atom. The van der Waals surface area contributed by atoms with E-state index in [4.69, 9.17) is 14.2 Å². The predicted octanol–water partition coefficient (Wildman–Crippen LogP) is 7.46. The van der Waals surface area contributed by atoms with Gasteiger partial charge >= 0.3 is 5.97 Å². The number of benzene rings is 4. The lowest BCUT2D eigenvalue weighted by atomic mass is 9.89. The Hall–Kier alpha value is -4.71. The van der Waals surface area contributed by atoms with Crippen molar-refractivity contribution < 1.29 is 19.0 Å². The topological polar surface area (TPSA) is 60.0 Å². The quantitative estimate of drug-likeness (QED) is 0.205. The van der Waals surface area contributed by atoms with E-state index in [0.29, 0.717) is 23.6 Å². The SMILES string of the molecule is COc1cc(OC(=O)c2cccc(C)c2)ccc1-c1ccc2c3c1CN(c1ccccc1OC)C3=CC(C)(C)N2. The van der Waals surface area contributed by atoms with Crippen LogP contribution < -0.4 is 24.4 Å². The molecule has 0 saturated heterocycles. The van der Waals surface area contributed by atoms with Crippen molar-refractivity contribution in [2.75, 3.05) is 24.4 Å². The van der Waals surface area contributed by atoms with Gasteiger partial charge in [0.25, 0.3) is 0 Å². The van der Waals surface area contributed by atoms with Gasteiger partial charge in [0.1, 0.15) is 17.2 Å². The second kappa shape index (κ2) is 9.79. The molecule has 0 spiro atoms. The summed E-state index contributed by atoms with van der Waals surface area (Å²) in [4.78, 5) is 15.1. The summed E-state index contributed by atoms with van der Waals surface area (Å²) in [7, 11) is 3.34. The number of anilines is 2. The first kappa shape index (κ1) is 25.6. The first-order valence-corrected chi connectivity index (χ1v) is 13.3. The molecule has 0 saturated carbocycles. The Morgan fingerprint density at radius 1 is 0.875 bits per heavy atom. The van der Waals surface area contributed by atoms with Gasteiger partial charge in [0.05, 0.1) is 31.0 Å². The summed E-state index contributed by atoms with van der Waals surface area (Å²) < 4.78 is 17.3. The van der Waals surface area contributed by atoms with E-state index in [1.165, 1.54) is 11.1 Å². The highest BCUT2D eigenvalue weighted by Crippen LogP contribution is 2.51. The molecule has 0 aliphatic carbocycles. The Kier molecular flexibility index (Phi) is 6.26. The molecule has 40 heavy (non-hydrogen) atoms. The van der Waals surface area contributed by atoms with Gasteiger partial charge in [-0.3, -0.25) is 0 Å². The molecule has 0 bridgehead atoms. The number of ether oxygens (including phenoxy) is 3. The maximum atomic E-state index is 12.8. The third-order valence-electron chi connectivity index (χ3n) is 7.43. The molecular formula is C34H32N2O4. The van der Waals surface area contributed by atoms with Crippen molar-refractivity contribution in [1.29, 1.82) is 0 Å². The van der Waals surface area contributed by atoms with Crippen LogP contribution in [0.5, 0.6) is 17.2 Å². The molecule has 6 rings (SSSR count). The first-order chi connectivity index (χ1) is 19.3. The monoisotopic (exact) mass is 532 g/mol. The maximum absolute atomic E-state index is 12.8. The third kappa shape index (κ3) is 4.45. The minimum Gasteiger partial charge on any atom is -0.496 e. The van der Waals surface area contributed by atoms with Gasteiger partial charge in [-0.15, -0.1) is 0 Å². The van der Waals surface area contributed by atoms with E-state index in [2.05, 4.69) is 48.3 Å². The van der Waals surface area contributed by atoms with Crippen LogP contribution in [-0.4, -0.2) is 25.7 Å². The van der Waals surface area contributed by atoms with E-state index in [9.17, 15) is 4.79 Å². The predicted molar refractivity (Wildman–Crippen MR) is 159 cm³/mol. The lowest BCUT2D eigenvalue weighted by Gasteiger charge is -2.33. The molecule has 2 aliphatic heterocycles. The van der Waals surface area contributed by atoms with Gasteiger partial charge < -0.3 is 24.4 Å². The van der Waals surface area contributed by atoms with Crippen LogP contribution in [0.15, 0.2) is 84.9 Å². The molecule has 2 heterocycles. The number of para-hydroxylation sites is 2. The van der Waals surface area contributed by atoms with E-state index in [1.54, 1.807) is 26.4 Å². The summed E-state index contributed by atoms with van der Waals surface area (Å²) in [5, 5.41) is 3.68. The molecular weight excluding hydrogens is 500 g/mol. The fourth-order valence-electron chi connectivity index (χ4n) is 5.68. The molecule has 2 aliphatic rings. The number of methoxy groups -OCH3 is 2. The number of esters is 1. The molecule has 0 radical (unpaired) electrons. The Bertz CT molecular complexity index is 1670. The molecule has 6 heteroatoms. The van der Waals surface area contributed by atoms with Crippen molar-refractivity contribution >= 4 is 23.0 Å². The first-order valence-electron chi connectivity index (χ1n) is 13.3. The lowest BCUT2D eigenvalue weighted by molar-refractivity contribution is 0.0734. The van der Waals surface area contributed by atoms with Crippen LogP contribution in [0.4, 0.5) is 11.4 Å². The fraction of sp³-hybridized carbons (Fsp3) is 0.206. The van der Waals surface area contributed by atoms with Crippen molar-refractivity contribution in [2.45, 2.75) is 32.9 Å². The van der Waals surface area contributed by atoms with E-state index in [0.717, 1.165) is 39.5 Å². The largest absolute Gasteiger partial charge is 0.496 e. The highest BCUT2D eigenvalue weighted by Gasteiger charge is 2.37. The number of nitrogens with zero attached hydrogens (tertiary/aromatic N) is 1. The van der Waals surface area contributed by atoms with Gasteiger partial charge in [-0.1, -0.05) is 35.9 Å². The number of carbonyl (C=O) groups excluding carboxylic acids is 1. The number of hydrogen-bond donors (Lipinski definition) is 1. The second-order valence-corrected chi connectivity index (χ2v) is 10.8. The van der Waals surface area contributed by atoms with Crippen LogP contribution >= 0.6 is 0 Å². The molecule has 0 fully saturated rings. The number of rotatable bonds is 6. The van der Waals surface area contributed by atoms with Crippen molar-refractivity contribution in [3.63, 3.8) is 0 Å². The van der Waals surface area contributed by atoms with E-state index in [1.807, 2.05) is 55.5 Å². The Morgan fingerprint density at radius 3 is 2.42 bits per heavy atom. The zero-order valence-electron chi connectivity index (χ0n) is 23.4. The van der Waals surface area contributed by atoms with Crippen molar-refractivity contribution in [1.82, 2.24) is 0 Å². The minimum atomic E-state index is -0.401. The molecule has 0 aromatic heterocycles. The molecule has 1 N–H and O–H groups in total. The average molecular weight is 533 g/mol. The third-order valence-corrected chi connectivity index (χ3v) is 7.43. The van der Waals surface area contributed by atoms with Crippen LogP contribution in [0.1, 0.15) is 40.9 Å². The van der Waals surface area contributed by atoms with Crippen LogP contribution in [-0.2, 0) is 6.54 Å². The van der Waals surface area contributed by atoms with E-state index >= 15 is 0 Å². The standard InChI is InChI=1S/C34H32N2O4/c1-21-9-8-10-22(17-21)33(37)40-23-13-14-25(31(18-23)39-5)24-15-16-27-32-26(24)20-36(29(32)19-34(2,3)35-27)28-11-6-7-12-30(28)38-4/h6-19,35H,20H2,1-5H3. The lowest BCUT2D eigenvalue weighted by Crippen LogP contribution is -2.33. The molecule has 202 valence electrons. The average Bonchev–Trinajstić information content (AvgIpc) is 3.32. The van der Waals surface area contributed by atoms with Gasteiger partial charge in [-0.05, 0) is 80.4 Å². The summed E-state index contributed by atoms with van der Waals surface area (Å²) >= 11 is 0. The van der Waals surface area contributed by atoms with Gasteiger partial charge in [0.15, 0.2) is 0 Å². The Balaban J connectivity index is 1.41. The molecule has 0 atom stereocenters. The summed E-state index contributed by atoms with van der Waals surface area (Å²) in [6.45, 7) is 6.98. The second-order valence-electron chi connectivity index (χ2n) is 10.8. The van der Waals surface area contributed by atoms with Gasteiger partial charge in [-0.25, -0.2) is 4.79 Å². The Labute approximate surface area is 234 Å². The normalized spacial score (nSPS) is 14.6. The van der Waals surface area contributed by atoms with Crippen LogP contribution in [0.3, 0.4) is 0 Å². The molecule has 0 unspecified atom stereocenters. The van der Waals surface area contributed by atoms with Crippen molar-refractivity contribution in [2.24, 2.45) is 0 Å². The molecule has 0 amide bonds. The molecule has 4 aromatic carbocycles. The summed E-state index contributed by atoms with van der Waals surface area (Å²) in [5.74, 6) is 1.49. The molecule has 6 nitrogen and oxygen atoms in total. The fourth-order valence-corrected chi connectivity index (χ4v) is 5.68. The molecule has 4 aromatic rings. The van der Waals surface area contributed by atoms with Crippen molar-refractivity contribution in [3.05, 3.63) is 107 Å². The highest BCUT2D eigenvalue weighted by molar-refractivity contribution is 5.98. The summed E-state index contributed by atoms with van der Waals surface area (Å²) in [6, 6.07) is 25.3. The number of aryl methyl sites for hydroxylation is 1. The van der Waals surface area contributed by atoms with Crippen molar-refractivity contribution in [3.8, 4) is 28.4 Å². The van der Waals surface area contributed by atoms with Gasteiger partial charge in [0, 0.05) is 35.1 Å². The summed E-state index contributed by atoms with van der Waals surface area (Å²) in [5.41, 5.74) is 8.94. The minimum absolute atomic E-state index is 0.216. The zero-order chi connectivity index (χ0) is 28.0. The van der Waals surface area contributed by atoms with Gasteiger partial charge in [0.2, 0.25) is 0 Å². The maximum Gasteiger partial charge on any atom is 0.343 e. The van der Waals surface area contributed by atoms with Crippen LogP contribution in [0.25, 0.3) is 16.8 Å². The van der Waals surface area contributed by atoms with Gasteiger partial charge in [-0.2, -0.15) is 0 Å². The number of hydrogen-bond acceptors (Lipinski definition) is 6. The summed E-state index contributed by atoms with van der Waals surface area (Å²) in [6.07, 6.45) is 2.28. The highest BCUT2D eigenvalue weighted by atomic mass is 16.5. The van der Waals surface area contributed by atoms with E-state index in [-0.39, 0.29) is 5.54 Å². The number of carbonyl (C=O) groups is 1. The number of nitrogens with one attached hydrogen (secondary N) is 1. The smallest absolute Gasteiger partial charge is 0.343 e. The zero-order valence-corrected chi connectivity index (χ0v) is 23.4. The van der Waals surface area contributed by atoms with Crippen LogP contribution in [0.2, 0.25) is 0 Å².